The van der Waals surface area contributed by atoms with Gasteiger partial charge in [0.1, 0.15) is 18.3 Å². The largest absolute Gasteiger partial charge is 0.387 e. The van der Waals surface area contributed by atoms with Gasteiger partial charge < -0.3 is 15.7 Å². The molecule has 0 bridgehead atoms. The third kappa shape index (κ3) is 5.83. The SMILES string of the molecule is CC(C)(O)[C@H](F)CNC(=O)c1cnc(C2=CC=C3C=C(C#N)C=NC32)cc1NC1CCC(c2ccn[nH]2)CC1. The molecule has 2 aromatic rings. The van der Waals surface area contributed by atoms with Gasteiger partial charge in [-0.1, -0.05) is 12.2 Å². The summed E-state index contributed by atoms with van der Waals surface area (Å²) in [5.74, 6) is -0.0422. The molecule has 4 N–H and O–H groups in total. The summed E-state index contributed by atoms with van der Waals surface area (Å²) in [7, 11) is 0. The number of amides is 1. The van der Waals surface area contributed by atoms with Crippen molar-refractivity contribution in [3.05, 3.63) is 70.9 Å². The monoisotopic (exact) mass is 529 g/mol. The number of aromatic amines is 1. The lowest BCUT2D eigenvalue weighted by atomic mass is 9.84. The van der Waals surface area contributed by atoms with Crippen LogP contribution in [0.1, 0.15) is 67.2 Å². The van der Waals surface area contributed by atoms with Crippen LogP contribution in [0.3, 0.4) is 0 Å². The van der Waals surface area contributed by atoms with E-state index in [0.717, 1.165) is 42.5 Å². The maximum absolute atomic E-state index is 14.3. The minimum absolute atomic E-state index is 0.149. The number of hydrogen-bond donors (Lipinski definition) is 4. The number of H-pyrrole nitrogens is 1. The lowest BCUT2D eigenvalue weighted by molar-refractivity contribution is -0.00177. The summed E-state index contributed by atoms with van der Waals surface area (Å²) >= 11 is 0. The minimum Gasteiger partial charge on any atom is -0.387 e. The van der Waals surface area contributed by atoms with Crippen LogP contribution >= 0.6 is 0 Å². The highest BCUT2D eigenvalue weighted by atomic mass is 19.1. The number of nitriles is 1. The number of hydrogen-bond acceptors (Lipinski definition) is 7. The minimum atomic E-state index is -1.62. The summed E-state index contributed by atoms with van der Waals surface area (Å²) in [6.45, 7) is 2.42. The first-order valence-corrected chi connectivity index (χ1v) is 13.2. The Bertz CT molecular complexity index is 1390. The molecule has 0 radical (unpaired) electrons. The van der Waals surface area contributed by atoms with Gasteiger partial charge in [-0.15, -0.1) is 0 Å². The summed E-state index contributed by atoms with van der Waals surface area (Å²) in [5.41, 5.74) is 3.46. The first-order chi connectivity index (χ1) is 18.7. The number of aliphatic imine (C=N–C) groups is 1. The van der Waals surface area contributed by atoms with Gasteiger partial charge in [0.05, 0.1) is 34.7 Å². The maximum Gasteiger partial charge on any atom is 0.255 e. The van der Waals surface area contributed by atoms with Crippen molar-refractivity contribution in [3.8, 4) is 6.07 Å². The average Bonchev–Trinajstić information content (AvgIpc) is 3.61. The second-order valence-electron chi connectivity index (χ2n) is 10.8. The predicted octanol–water partition coefficient (Wildman–Crippen LogP) is 4.01. The highest BCUT2D eigenvalue weighted by Crippen LogP contribution is 2.36. The fourth-order valence-electron chi connectivity index (χ4n) is 5.20. The van der Waals surface area contributed by atoms with Gasteiger partial charge in [-0.3, -0.25) is 19.9 Å². The van der Waals surface area contributed by atoms with Crippen molar-refractivity contribution >= 4 is 23.4 Å². The van der Waals surface area contributed by atoms with E-state index in [-0.39, 0.29) is 18.6 Å². The molecule has 1 unspecified atom stereocenters. The van der Waals surface area contributed by atoms with Gasteiger partial charge >= 0.3 is 0 Å². The molecule has 1 aliphatic heterocycles. The van der Waals surface area contributed by atoms with Gasteiger partial charge in [-0.25, -0.2) is 4.39 Å². The van der Waals surface area contributed by atoms with Crippen LogP contribution in [0.25, 0.3) is 5.57 Å². The standard InChI is InChI=1S/C29H32FN7O2/c1-29(2,39)26(30)16-34-28(38)22-15-32-24(21-8-5-19-11-17(13-31)14-33-27(19)21)12-25(22)36-20-6-3-18(4-7-20)23-9-10-35-37-23/h5,8-12,14-15,18,20,26-27,39H,3-4,6-7,16H2,1-2H3,(H,32,36)(H,34,38)(H,35,37)/t18?,20?,26-,27?/m1/s1. The number of dihydropyridines is 1. The number of fused-ring (bicyclic) bond motifs is 1. The Morgan fingerprint density at radius 2 is 2.10 bits per heavy atom. The lowest BCUT2D eigenvalue weighted by Crippen LogP contribution is -2.42. The summed E-state index contributed by atoms with van der Waals surface area (Å²) < 4.78 is 14.3. The maximum atomic E-state index is 14.3. The number of rotatable bonds is 8. The molecule has 0 aromatic carbocycles. The van der Waals surface area contributed by atoms with E-state index in [1.54, 1.807) is 12.4 Å². The van der Waals surface area contributed by atoms with E-state index < -0.39 is 17.7 Å². The average molecular weight is 530 g/mol. The molecule has 2 aliphatic carbocycles. The molecule has 3 heterocycles. The number of carbonyl (C=O) groups is 1. The second kappa shape index (κ2) is 10.9. The van der Waals surface area contributed by atoms with Gasteiger partial charge in [0.15, 0.2) is 0 Å². The fourth-order valence-corrected chi connectivity index (χ4v) is 5.20. The molecule has 39 heavy (non-hydrogen) atoms. The third-order valence-electron chi connectivity index (χ3n) is 7.58. The Hall–Kier alpha value is -4.10. The fraction of sp³-hybridized carbons (Fsp3) is 0.414. The molecular weight excluding hydrogens is 497 g/mol. The van der Waals surface area contributed by atoms with E-state index >= 15 is 0 Å². The molecule has 9 nitrogen and oxygen atoms in total. The molecule has 10 heteroatoms. The predicted molar refractivity (Wildman–Crippen MR) is 147 cm³/mol. The van der Waals surface area contributed by atoms with Crippen molar-refractivity contribution in [2.24, 2.45) is 4.99 Å². The number of aromatic nitrogens is 3. The van der Waals surface area contributed by atoms with E-state index in [0.29, 0.717) is 28.4 Å². The molecule has 1 amide bonds. The summed E-state index contributed by atoms with van der Waals surface area (Å²) in [4.78, 5) is 22.3. The molecule has 5 rings (SSSR count). The Kier molecular flexibility index (Phi) is 7.44. The Labute approximate surface area is 226 Å². The molecule has 0 saturated heterocycles. The lowest BCUT2D eigenvalue weighted by Gasteiger charge is -2.30. The zero-order valence-electron chi connectivity index (χ0n) is 22.0. The Morgan fingerprint density at radius 1 is 1.31 bits per heavy atom. The van der Waals surface area contributed by atoms with Crippen LogP contribution in [0.2, 0.25) is 0 Å². The number of allylic oxidation sites excluding steroid dienone is 3. The summed E-state index contributed by atoms with van der Waals surface area (Å²) in [5, 5.41) is 32.4. The van der Waals surface area contributed by atoms with Gasteiger partial charge in [-0.05, 0) is 63.3 Å². The zero-order valence-corrected chi connectivity index (χ0v) is 22.0. The van der Waals surface area contributed by atoms with Crippen LogP contribution in [-0.4, -0.2) is 62.8 Å². The first kappa shape index (κ1) is 26.5. The molecule has 3 aliphatic rings. The summed E-state index contributed by atoms with van der Waals surface area (Å²) in [6.07, 6.45) is 12.7. The van der Waals surface area contributed by atoms with Crippen molar-refractivity contribution in [3.63, 3.8) is 0 Å². The van der Waals surface area contributed by atoms with Crippen LogP contribution in [0, 0.1) is 11.3 Å². The Morgan fingerprint density at radius 3 is 2.79 bits per heavy atom. The molecule has 1 saturated carbocycles. The number of aliphatic hydroxyl groups is 1. The quantitative estimate of drug-likeness (QED) is 0.408. The summed E-state index contributed by atoms with van der Waals surface area (Å²) in [6, 6.07) is 5.87. The number of anilines is 1. The number of nitrogens with zero attached hydrogens (tertiary/aromatic N) is 4. The normalized spacial score (nSPS) is 23.2. The highest BCUT2D eigenvalue weighted by molar-refractivity contribution is 6.00. The van der Waals surface area contributed by atoms with Crippen LogP contribution in [-0.2, 0) is 0 Å². The van der Waals surface area contributed by atoms with Crippen LogP contribution in [0.5, 0.6) is 0 Å². The third-order valence-corrected chi connectivity index (χ3v) is 7.58. The topological polar surface area (TPSA) is 139 Å². The molecule has 2 atom stereocenters. The van der Waals surface area contributed by atoms with E-state index in [9.17, 15) is 19.6 Å². The van der Waals surface area contributed by atoms with E-state index in [1.807, 2.05) is 30.4 Å². The van der Waals surface area contributed by atoms with Crippen molar-refractivity contribution in [2.75, 3.05) is 11.9 Å². The smallest absolute Gasteiger partial charge is 0.255 e. The number of pyridine rings is 1. The van der Waals surface area contributed by atoms with Crippen LogP contribution in [0.15, 0.2) is 58.9 Å². The van der Waals surface area contributed by atoms with Crippen molar-refractivity contribution < 1.29 is 14.3 Å². The van der Waals surface area contributed by atoms with E-state index in [2.05, 4.69) is 36.9 Å². The van der Waals surface area contributed by atoms with Gasteiger partial charge in [0, 0.05) is 41.8 Å². The first-order valence-electron chi connectivity index (χ1n) is 13.2. The van der Waals surface area contributed by atoms with Gasteiger partial charge in [0.25, 0.3) is 5.91 Å². The van der Waals surface area contributed by atoms with Gasteiger partial charge in [-0.2, -0.15) is 10.4 Å². The highest BCUT2D eigenvalue weighted by Gasteiger charge is 2.30. The molecule has 1 fully saturated rings. The van der Waals surface area contributed by atoms with E-state index in [4.69, 9.17) is 0 Å². The number of nitrogens with one attached hydrogen (secondary N) is 3. The van der Waals surface area contributed by atoms with Crippen LogP contribution < -0.4 is 10.6 Å². The number of carbonyl (C=O) groups excluding carboxylic acids is 1. The van der Waals surface area contributed by atoms with Crippen molar-refractivity contribution in [1.29, 1.82) is 5.26 Å². The molecule has 2 aromatic heterocycles. The van der Waals surface area contributed by atoms with Crippen molar-refractivity contribution in [2.45, 2.75) is 69.3 Å². The second-order valence-corrected chi connectivity index (χ2v) is 10.8. The van der Waals surface area contributed by atoms with Crippen LogP contribution in [0.4, 0.5) is 10.1 Å². The van der Waals surface area contributed by atoms with E-state index in [1.165, 1.54) is 20.0 Å². The number of halogens is 1. The number of alkyl halides is 1. The Balaban J connectivity index is 1.36. The van der Waals surface area contributed by atoms with Gasteiger partial charge in [0.2, 0.25) is 0 Å². The molecular formula is C29H32FN7O2. The zero-order chi connectivity index (χ0) is 27.6. The molecule has 202 valence electrons. The molecule has 0 spiro atoms. The van der Waals surface area contributed by atoms with Crippen molar-refractivity contribution in [1.82, 2.24) is 20.5 Å².